The molecule has 0 heterocycles. The zero-order valence-electron chi connectivity index (χ0n) is 47.6. The van der Waals surface area contributed by atoms with Crippen LogP contribution in [0.2, 0.25) is 0 Å². The van der Waals surface area contributed by atoms with Gasteiger partial charge in [0.15, 0.2) is 6.10 Å². The monoisotopic (exact) mass is 1060 g/mol. The number of carbonyl (C=O) groups is 3. The van der Waals surface area contributed by atoms with Crippen LogP contribution in [-0.2, 0) is 42.2 Å². The van der Waals surface area contributed by atoms with Gasteiger partial charge in [-0.2, -0.15) is 0 Å². The maximum absolute atomic E-state index is 12.9. The quantitative estimate of drug-likeness (QED) is 0.0197. The molecule has 12 heteroatoms. The van der Waals surface area contributed by atoms with E-state index in [0.717, 1.165) is 64.2 Å². The van der Waals surface area contributed by atoms with E-state index >= 15 is 0 Å². The van der Waals surface area contributed by atoms with Gasteiger partial charge in [0, 0.05) is 12.8 Å². The van der Waals surface area contributed by atoms with Gasteiger partial charge in [-0.3, -0.25) is 23.4 Å². The van der Waals surface area contributed by atoms with Gasteiger partial charge in [-0.1, -0.05) is 274 Å². The molecule has 0 fully saturated rings. The first-order valence-electron chi connectivity index (χ1n) is 30.2. The molecular formula is C62H111O11P. The Morgan fingerprint density at radius 1 is 0.392 bits per heavy atom. The standard InChI is InChI=1S/C62H111O11P/c1-4-7-10-13-16-19-22-25-28-29-32-35-38-41-44-47-50-53-62(66)73-59(55-69-60(64)51-48-45-42-39-36-33-30-26-23-20-17-14-11-8-5-2)57-71-74(67,68)70-56-58(54-63)72-61(65)52-49-46-43-40-37-34-31-27-24-21-18-15-12-9-6-3/h9,12,18,21,27,31,37,40,46,49,58-59,63H,4-8,10-11,13-17,19-20,22-26,28-30,32-36,38-39,41-45,47-48,50-57H2,1-3H3,(H,67,68)/b12-9-,21-18-,31-27-,40-37-,49-46-. The third-order valence-electron chi connectivity index (χ3n) is 13.0. The zero-order chi connectivity index (χ0) is 54.1. The molecule has 0 bridgehead atoms. The summed E-state index contributed by atoms with van der Waals surface area (Å²) in [7, 11) is -4.77. The third-order valence-corrected chi connectivity index (χ3v) is 13.9. The lowest BCUT2D eigenvalue weighted by atomic mass is 10.0. The molecule has 11 nitrogen and oxygen atoms in total. The van der Waals surface area contributed by atoms with Gasteiger partial charge in [0.2, 0.25) is 0 Å². The highest BCUT2D eigenvalue weighted by atomic mass is 31.2. The molecule has 430 valence electrons. The van der Waals surface area contributed by atoms with E-state index in [2.05, 4.69) is 57.2 Å². The minimum absolute atomic E-state index is 0.0536. The molecule has 74 heavy (non-hydrogen) atoms. The molecule has 0 aromatic heterocycles. The number of allylic oxidation sites excluding steroid dienone is 9. The molecular weight excluding hydrogens is 952 g/mol. The van der Waals surface area contributed by atoms with E-state index in [1.54, 1.807) is 6.08 Å². The van der Waals surface area contributed by atoms with Gasteiger partial charge in [0.1, 0.15) is 12.7 Å². The highest BCUT2D eigenvalue weighted by Crippen LogP contribution is 2.43. The number of phosphoric ester groups is 1. The van der Waals surface area contributed by atoms with Gasteiger partial charge in [-0.25, -0.2) is 4.57 Å². The van der Waals surface area contributed by atoms with Gasteiger partial charge in [0.05, 0.1) is 26.2 Å². The van der Waals surface area contributed by atoms with Crippen LogP contribution in [0.5, 0.6) is 0 Å². The maximum Gasteiger partial charge on any atom is 0.472 e. The number of aliphatic hydroxyl groups excluding tert-OH is 1. The van der Waals surface area contributed by atoms with Crippen molar-refractivity contribution in [3.05, 3.63) is 60.8 Å². The molecule has 0 aromatic carbocycles. The molecule has 0 radical (unpaired) electrons. The average Bonchev–Trinajstić information content (AvgIpc) is 3.39. The lowest BCUT2D eigenvalue weighted by Crippen LogP contribution is -2.30. The van der Waals surface area contributed by atoms with Crippen LogP contribution >= 0.6 is 7.82 Å². The molecule has 0 amide bonds. The Balaban J connectivity index is 4.76. The normalized spacial score (nSPS) is 13.7. The maximum atomic E-state index is 12.9. The first-order valence-corrected chi connectivity index (χ1v) is 31.7. The summed E-state index contributed by atoms with van der Waals surface area (Å²) in [6.07, 6.45) is 62.1. The lowest BCUT2D eigenvalue weighted by molar-refractivity contribution is -0.161. The average molecular weight is 1060 g/mol. The summed E-state index contributed by atoms with van der Waals surface area (Å²) < 4.78 is 39.5. The number of unbranched alkanes of at least 4 members (excludes halogenated alkanes) is 30. The SMILES string of the molecule is CC/C=C\C/C=C\C/C=C\C/C=C\C/C=C\CC(=O)OC(CO)COP(=O)(O)OCC(COC(=O)CCCCCCCCCCCCCCCCC)OC(=O)CCCCCCCCCCCCCCCCCCC. The van der Waals surface area contributed by atoms with E-state index < -0.39 is 57.8 Å². The van der Waals surface area contributed by atoms with Gasteiger partial charge in [-0.05, 0) is 44.9 Å². The molecule has 0 aromatic rings. The molecule has 0 aliphatic heterocycles. The fraction of sp³-hybridized carbons (Fsp3) is 0.790. The van der Waals surface area contributed by atoms with Crippen molar-refractivity contribution in [3.8, 4) is 0 Å². The first-order chi connectivity index (χ1) is 36.2. The number of ether oxygens (including phenoxy) is 3. The van der Waals surface area contributed by atoms with Gasteiger partial charge >= 0.3 is 25.7 Å². The Morgan fingerprint density at radius 2 is 0.703 bits per heavy atom. The molecule has 3 atom stereocenters. The van der Waals surface area contributed by atoms with Crippen molar-refractivity contribution >= 4 is 25.7 Å². The molecule has 0 rings (SSSR count). The van der Waals surface area contributed by atoms with Crippen LogP contribution in [-0.4, -0.2) is 66.5 Å². The minimum atomic E-state index is -4.77. The molecule has 0 spiro atoms. The lowest BCUT2D eigenvalue weighted by Gasteiger charge is -2.21. The van der Waals surface area contributed by atoms with Gasteiger partial charge in [0.25, 0.3) is 0 Å². The van der Waals surface area contributed by atoms with Crippen LogP contribution < -0.4 is 0 Å². The zero-order valence-corrected chi connectivity index (χ0v) is 48.5. The number of aliphatic hydroxyl groups is 1. The number of phosphoric acid groups is 1. The smallest absolute Gasteiger partial charge is 0.462 e. The van der Waals surface area contributed by atoms with Crippen LogP contribution in [0.1, 0.15) is 278 Å². The fourth-order valence-corrected chi connectivity index (χ4v) is 9.22. The highest BCUT2D eigenvalue weighted by molar-refractivity contribution is 7.47. The van der Waals surface area contributed by atoms with Crippen molar-refractivity contribution in [3.63, 3.8) is 0 Å². The van der Waals surface area contributed by atoms with Gasteiger partial charge in [-0.15, -0.1) is 0 Å². The first kappa shape index (κ1) is 71.2. The van der Waals surface area contributed by atoms with E-state index in [-0.39, 0.29) is 25.9 Å². The number of hydrogen-bond donors (Lipinski definition) is 2. The van der Waals surface area contributed by atoms with Crippen LogP contribution in [0.25, 0.3) is 0 Å². The fourth-order valence-electron chi connectivity index (χ4n) is 8.43. The summed E-state index contributed by atoms with van der Waals surface area (Å²) in [5.41, 5.74) is 0. The van der Waals surface area contributed by atoms with E-state index in [4.69, 9.17) is 23.3 Å². The van der Waals surface area contributed by atoms with E-state index in [9.17, 15) is 28.9 Å². The van der Waals surface area contributed by atoms with Crippen LogP contribution in [0.15, 0.2) is 60.8 Å². The Hall–Kier alpha value is -2.82. The Bertz CT molecular complexity index is 1470. The summed E-state index contributed by atoms with van der Waals surface area (Å²) in [5, 5.41) is 9.80. The van der Waals surface area contributed by atoms with Crippen molar-refractivity contribution < 1.29 is 52.2 Å². The number of hydrogen-bond acceptors (Lipinski definition) is 10. The summed E-state index contributed by atoms with van der Waals surface area (Å²) in [4.78, 5) is 48.5. The Kier molecular flexibility index (Phi) is 54.2. The Labute approximate surface area is 453 Å². The van der Waals surface area contributed by atoms with Crippen molar-refractivity contribution in [2.45, 2.75) is 290 Å². The van der Waals surface area contributed by atoms with Crippen molar-refractivity contribution in [1.29, 1.82) is 0 Å². The molecule has 0 saturated carbocycles. The summed E-state index contributed by atoms with van der Waals surface area (Å²) in [5.74, 6) is -1.58. The van der Waals surface area contributed by atoms with Gasteiger partial charge < -0.3 is 24.2 Å². The van der Waals surface area contributed by atoms with Crippen LogP contribution in [0.4, 0.5) is 0 Å². The second-order valence-electron chi connectivity index (χ2n) is 20.2. The predicted molar refractivity (Wildman–Crippen MR) is 307 cm³/mol. The molecule has 2 N–H and O–H groups in total. The predicted octanol–water partition coefficient (Wildman–Crippen LogP) is 17.9. The summed E-state index contributed by atoms with van der Waals surface area (Å²) in [6, 6.07) is 0. The van der Waals surface area contributed by atoms with E-state index in [1.165, 1.54) is 154 Å². The van der Waals surface area contributed by atoms with Crippen molar-refractivity contribution in [2.24, 2.45) is 0 Å². The highest BCUT2D eigenvalue weighted by Gasteiger charge is 2.28. The summed E-state index contributed by atoms with van der Waals surface area (Å²) in [6.45, 7) is 4.47. The Morgan fingerprint density at radius 3 is 1.07 bits per heavy atom. The largest absolute Gasteiger partial charge is 0.472 e. The van der Waals surface area contributed by atoms with E-state index in [0.29, 0.717) is 19.3 Å². The van der Waals surface area contributed by atoms with Crippen LogP contribution in [0, 0.1) is 0 Å². The molecule has 0 aliphatic rings. The second-order valence-corrected chi connectivity index (χ2v) is 21.6. The summed E-state index contributed by atoms with van der Waals surface area (Å²) >= 11 is 0. The molecule has 0 aliphatic carbocycles. The number of rotatable bonds is 56. The van der Waals surface area contributed by atoms with E-state index in [1.807, 2.05) is 18.2 Å². The number of esters is 3. The topological polar surface area (TPSA) is 155 Å². The third kappa shape index (κ3) is 54.0. The van der Waals surface area contributed by atoms with Crippen molar-refractivity contribution in [1.82, 2.24) is 0 Å². The molecule has 3 unspecified atom stereocenters. The van der Waals surface area contributed by atoms with Crippen LogP contribution in [0.3, 0.4) is 0 Å². The second kappa shape index (κ2) is 56.4. The number of carbonyl (C=O) groups excluding carboxylic acids is 3. The van der Waals surface area contributed by atoms with Crippen molar-refractivity contribution in [2.75, 3.05) is 26.4 Å². The molecule has 0 saturated heterocycles. The minimum Gasteiger partial charge on any atom is -0.462 e.